The normalized spacial score (nSPS) is 12.2. The van der Waals surface area contributed by atoms with Gasteiger partial charge < -0.3 is 0 Å². The lowest BCUT2D eigenvalue weighted by atomic mass is 10.0. The molecule has 0 aliphatic carbocycles. The monoisotopic (exact) mass is 357 g/mol. The molecule has 0 aromatic heterocycles. The molecule has 1 unspecified atom stereocenters. The van der Waals surface area contributed by atoms with Crippen molar-refractivity contribution >= 4 is 33.2 Å². The van der Waals surface area contributed by atoms with Crippen LogP contribution in [0.2, 0.25) is 5.02 Å². The number of nitro benzene ring substituents is 1. The van der Waals surface area contributed by atoms with E-state index in [4.69, 9.17) is 11.6 Å². The van der Waals surface area contributed by atoms with Crippen LogP contribution in [0.15, 0.2) is 42.5 Å². The van der Waals surface area contributed by atoms with Crippen LogP contribution in [0.25, 0.3) is 0 Å². The molecule has 3 nitrogen and oxygen atoms in total. The van der Waals surface area contributed by atoms with Gasteiger partial charge in [-0.05, 0) is 23.6 Å². The molecule has 2 aromatic carbocycles. The summed E-state index contributed by atoms with van der Waals surface area (Å²) in [4.78, 5) is 9.97. The molecule has 0 aliphatic rings. The van der Waals surface area contributed by atoms with E-state index >= 15 is 0 Å². The van der Waals surface area contributed by atoms with Crippen molar-refractivity contribution in [3.8, 4) is 0 Å². The molecule has 0 amide bonds. The molecule has 0 N–H and O–H groups in total. The summed E-state index contributed by atoms with van der Waals surface area (Å²) in [6.45, 7) is 0. The van der Waals surface area contributed by atoms with Crippen molar-refractivity contribution in [1.82, 2.24) is 0 Å². The molecular formula is C14H10BrClFNO2. The number of non-ortho nitro benzene ring substituents is 1. The Kier molecular flexibility index (Phi) is 4.73. The molecule has 0 fully saturated rings. The third-order valence-electron chi connectivity index (χ3n) is 2.88. The predicted octanol–water partition coefficient (Wildman–Crippen LogP) is 5.07. The van der Waals surface area contributed by atoms with Gasteiger partial charge in [0.15, 0.2) is 0 Å². The molecule has 0 radical (unpaired) electrons. The van der Waals surface area contributed by atoms with Gasteiger partial charge in [0.2, 0.25) is 0 Å². The largest absolute Gasteiger partial charge is 0.269 e. The van der Waals surface area contributed by atoms with Crippen molar-refractivity contribution < 1.29 is 9.31 Å². The molecule has 20 heavy (non-hydrogen) atoms. The second kappa shape index (κ2) is 6.33. The zero-order valence-electron chi connectivity index (χ0n) is 10.2. The van der Waals surface area contributed by atoms with E-state index < -0.39 is 10.7 Å². The van der Waals surface area contributed by atoms with Crippen molar-refractivity contribution in [2.45, 2.75) is 11.2 Å². The molecule has 0 saturated heterocycles. The van der Waals surface area contributed by atoms with E-state index in [0.29, 0.717) is 12.0 Å². The van der Waals surface area contributed by atoms with Gasteiger partial charge in [0.25, 0.3) is 5.69 Å². The zero-order valence-corrected chi connectivity index (χ0v) is 12.6. The highest BCUT2D eigenvalue weighted by Crippen LogP contribution is 2.33. The van der Waals surface area contributed by atoms with Gasteiger partial charge in [0.05, 0.1) is 9.95 Å². The van der Waals surface area contributed by atoms with Gasteiger partial charge in [-0.25, -0.2) is 4.39 Å². The number of alkyl halides is 1. The third kappa shape index (κ3) is 3.35. The molecule has 0 bridgehead atoms. The van der Waals surface area contributed by atoms with Gasteiger partial charge in [-0.1, -0.05) is 51.8 Å². The lowest BCUT2D eigenvalue weighted by Gasteiger charge is -2.12. The highest BCUT2D eigenvalue weighted by atomic mass is 79.9. The first-order chi connectivity index (χ1) is 9.49. The van der Waals surface area contributed by atoms with Crippen molar-refractivity contribution in [2.24, 2.45) is 0 Å². The first kappa shape index (κ1) is 14.9. The van der Waals surface area contributed by atoms with E-state index in [1.165, 1.54) is 18.2 Å². The minimum atomic E-state index is -0.461. The summed E-state index contributed by atoms with van der Waals surface area (Å²) in [5.41, 5.74) is 1.60. The fourth-order valence-electron chi connectivity index (χ4n) is 1.83. The minimum Gasteiger partial charge on any atom is -0.258 e. The Hall–Kier alpha value is -1.46. The number of hydrogen-bond acceptors (Lipinski definition) is 2. The predicted molar refractivity (Wildman–Crippen MR) is 79.9 cm³/mol. The number of benzene rings is 2. The van der Waals surface area contributed by atoms with Crippen molar-refractivity contribution in [2.75, 3.05) is 0 Å². The standard InChI is InChI=1S/C14H10BrClFNO2/c15-12(11-2-1-3-13(17)14(11)16)8-9-4-6-10(7-5-9)18(19)20/h1-7,12H,8H2. The lowest BCUT2D eigenvalue weighted by Crippen LogP contribution is -1.98. The molecule has 0 heterocycles. The van der Waals surface area contributed by atoms with Crippen LogP contribution in [-0.2, 0) is 6.42 Å². The summed E-state index contributed by atoms with van der Waals surface area (Å²) in [6, 6.07) is 10.9. The number of hydrogen-bond donors (Lipinski definition) is 0. The maximum Gasteiger partial charge on any atom is 0.269 e. The van der Waals surface area contributed by atoms with Gasteiger partial charge in [0, 0.05) is 17.0 Å². The van der Waals surface area contributed by atoms with E-state index in [1.54, 1.807) is 24.3 Å². The van der Waals surface area contributed by atoms with Crippen LogP contribution in [0.5, 0.6) is 0 Å². The highest BCUT2D eigenvalue weighted by Gasteiger charge is 2.15. The average Bonchev–Trinajstić information content (AvgIpc) is 2.42. The van der Waals surface area contributed by atoms with Crippen LogP contribution in [0, 0.1) is 15.9 Å². The Labute approximate surface area is 128 Å². The Morgan fingerprint density at radius 2 is 1.90 bits per heavy atom. The van der Waals surface area contributed by atoms with E-state index in [-0.39, 0.29) is 15.5 Å². The highest BCUT2D eigenvalue weighted by molar-refractivity contribution is 9.09. The Morgan fingerprint density at radius 3 is 2.50 bits per heavy atom. The van der Waals surface area contributed by atoms with Crippen LogP contribution < -0.4 is 0 Å². The number of rotatable bonds is 4. The summed E-state index contributed by atoms with van der Waals surface area (Å²) < 4.78 is 13.4. The van der Waals surface area contributed by atoms with E-state index in [1.807, 2.05) is 0 Å². The van der Waals surface area contributed by atoms with Crippen LogP contribution in [0.3, 0.4) is 0 Å². The quantitative estimate of drug-likeness (QED) is 0.435. The van der Waals surface area contributed by atoms with E-state index in [0.717, 1.165) is 5.56 Å². The lowest BCUT2D eigenvalue weighted by molar-refractivity contribution is -0.384. The number of halogens is 3. The van der Waals surface area contributed by atoms with Crippen LogP contribution in [0.1, 0.15) is 16.0 Å². The summed E-state index contributed by atoms with van der Waals surface area (Å²) >= 11 is 9.40. The Bertz CT molecular complexity index is 634. The SMILES string of the molecule is O=[N+]([O-])c1ccc(CC(Br)c2cccc(F)c2Cl)cc1. The first-order valence-corrected chi connectivity index (χ1v) is 7.09. The number of nitrogens with zero attached hydrogens (tertiary/aromatic N) is 1. The second-order valence-electron chi connectivity index (χ2n) is 4.24. The fraction of sp³-hybridized carbons (Fsp3) is 0.143. The van der Waals surface area contributed by atoms with Gasteiger partial charge in [-0.2, -0.15) is 0 Å². The van der Waals surface area contributed by atoms with Gasteiger partial charge >= 0.3 is 0 Å². The van der Waals surface area contributed by atoms with Gasteiger partial charge in [-0.15, -0.1) is 0 Å². The van der Waals surface area contributed by atoms with Crippen LogP contribution in [-0.4, -0.2) is 4.92 Å². The molecule has 1 atom stereocenters. The van der Waals surface area contributed by atoms with Crippen molar-refractivity contribution in [3.05, 3.63) is 74.5 Å². The minimum absolute atomic E-state index is 0.0451. The van der Waals surface area contributed by atoms with Crippen LogP contribution >= 0.6 is 27.5 Å². The molecule has 6 heteroatoms. The summed E-state index contributed by atoms with van der Waals surface area (Å²) in [7, 11) is 0. The third-order valence-corrected chi connectivity index (χ3v) is 4.10. The average molecular weight is 359 g/mol. The fourth-order valence-corrected chi connectivity index (χ4v) is 2.98. The molecule has 0 aliphatic heterocycles. The Morgan fingerprint density at radius 1 is 1.25 bits per heavy atom. The maximum atomic E-state index is 13.4. The maximum absolute atomic E-state index is 13.4. The molecular weight excluding hydrogens is 349 g/mol. The number of nitro groups is 1. The van der Waals surface area contributed by atoms with Crippen molar-refractivity contribution in [3.63, 3.8) is 0 Å². The summed E-state index contributed by atoms with van der Waals surface area (Å²) in [6.07, 6.45) is 0.557. The van der Waals surface area contributed by atoms with Gasteiger partial charge in [0.1, 0.15) is 5.82 Å². The molecule has 0 saturated carbocycles. The van der Waals surface area contributed by atoms with E-state index in [2.05, 4.69) is 15.9 Å². The van der Waals surface area contributed by atoms with Gasteiger partial charge in [-0.3, -0.25) is 10.1 Å². The van der Waals surface area contributed by atoms with Crippen LogP contribution in [0.4, 0.5) is 10.1 Å². The topological polar surface area (TPSA) is 43.1 Å². The molecule has 2 rings (SSSR count). The Balaban J connectivity index is 2.17. The summed E-state index contributed by atoms with van der Waals surface area (Å²) in [5.74, 6) is -0.461. The second-order valence-corrected chi connectivity index (χ2v) is 5.72. The zero-order chi connectivity index (χ0) is 14.7. The summed E-state index contributed by atoms with van der Waals surface area (Å²) in [5, 5.41) is 10.7. The molecule has 2 aromatic rings. The first-order valence-electron chi connectivity index (χ1n) is 5.80. The molecule has 104 valence electrons. The molecule has 0 spiro atoms. The van der Waals surface area contributed by atoms with Crippen molar-refractivity contribution in [1.29, 1.82) is 0 Å². The smallest absolute Gasteiger partial charge is 0.258 e. The van der Waals surface area contributed by atoms with E-state index in [9.17, 15) is 14.5 Å².